The van der Waals surface area contributed by atoms with Crippen molar-refractivity contribution >= 4 is 23.2 Å². The van der Waals surface area contributed by atoms with Gasteiger partial charge >= 0.3 is 0 Å². The van der Waals surface area contributed by atoms with E-state index in [9.17, 15) is 4.79 Å². The summed E-state index contributed by atoms with van der Waals surface area (Å²) in [6, 6.07) is 3.25. The lowest BCUT2D eigenvalue weighted by Crippen LogP contribution is -2.43. The Kier molecular flexibility index (Phi) is 3.98. The number of hydrogen-bond acceptors (Lipinski definition) is 4. The number of rotatable bonds is 2. The summed E-state index contributed by atoms with van der Waals surface area (Å²) in [4.78, 5) is 12.2. The largest absolute Gasteiger partial charge is 0.486 e. The van der Waals surface area contributed by atoms with E-state index in [1.807, 2.05) is 0 Å². The molecule has 6 heteroatoms. The summed E-state index contributed by atoms with van der Waals surface area (Å²) < 4.78 is 10.9. The summed E-state index contributed by atoms with van der Waals surface area (Å²) in [5.41, 5.74) is 0.563. The second-order valence-electron chi connectivity index (χ2n) is 4.97. The fraction of sp³-hybridized carbons (Fsp3) is 0.500. The summed E-state index contributed by atoms with van der Waals surface area (Å²) in [6.45, 7) is 1.90. The Bertz CT molecular complexity index is 515. The molecule has 108 valence electrons. The third-order valence-corrected chi connectivity index (χ3v) is 3.83. The molecule has 1 fully saturated rings. The first-order valence-corrected chi connectivity index (χ1v) is 7.25. The highest BCUT2D eigenvalue weighted by Gasteiger charge is 2.22. The van der Waals surface area contributed by atoms with Crippen LogP contribution >= 0.6 is 11.6 Å². The molecule has 0 saturated carbocycles. The topological polar surface area (TPSA) is 59.6 Å². The lowest BCUT2D eigenvalue weighted by Gasteiger charge is -2.24. The lowest BCUT2D eigenvalue weighted by atomic mass is 10.0. The first-order valence-electron chi connectivity index (χ1n) is 6.87. The predicted octanol–water partition coefficient (Wildman–Crippen LogP) is 2.19. The van der Waals surface area contributed by atoms with Gasteiger partial charge in [-0.25, -0.2) is 0 Å². The molecule has 0 aliphatic carbocycles. The average Bonchev–Trinajstić information content (AvgIpc) is 2.49. The van der Waals surface area contributed by atoms with E-state index in [0.29, 0.717) is 35.4 Å². The number of carbonyl (C=O) groups excluding carboxylic acids is 1. The molecule has 1 aromatic carbocycles. The van der Waals surface area contributed by atoms with Crippen LogP contribution in [0.1, 0.15) is 19.3 Å². The number of halogens is 1. The SMILES string of the molecule is O=C(Nc1cc2c(cc1Cl)OCCO2)[C@H]1CCCCN1. The quantitative estimate of drug-likeness (QED) is 0.878. The van der Waals surface area contributed by atoms with Crippen LogP contribution in [0, 0.1) is 0 Å². The van der Waals surface area contributed by atoms with E-state index in [1.165, 1.54) is 0 Å². The van der Waals surface area contributed by atoms with E-state index in [4.69, 9.17) is 21.1 Å². The van der Waals surface area contributed by atoms with E-state index in [-0.39, 0.29) is 11.9 Å². The maximum Gasteiger partial charge on any atom is 0.241 e. The van der Waals surface area contributed by atoms with Crippen LogP contribution in [0.4, 0.5) is 5.69 Å². The molecule has 2 heterocycles. The van der Waals surface area contributed by atoms with Crippen LogP contribution in [0.3, 0.4) is 0 Å². The van der Waals surface area contributed by atoms with Crippen molar-refractivity contribution in [1.29, 1.82) is 0 Å². The molecule has 0 unspecified atom stereocenters. The molecule has 2 aliphatic heterocycles. The summed E-state index contributed by atoms with van der Waals surface area (Å²) in [5.74, 6) is 1.19. The van der Waals surface area contributed by atoms with Gasteiger partial charge in [-0.2, -0.15) is 0 Å². The lowest BCUT2D eigenvalue weighted by molar-refractivity contribution is -0.118. The van der Waals surface area contributed by atoms with Crippen LogP contribution in [0.15, 0.2) is 12.1 Å². The molecule has 5 nitrogen and oxygen atoms in total. The highest BCUT2D eigenvalue weighted by molar-refractivity contribution is 6.34. The first-order chi connectivity index (χ1) is 9.74. The Labute approximate surface area is 122 Å². The van der Waals surface area contributed by atoms with Gasteiger partial charge in [0.25, 0.3) is 0 Å². The highest BCUT2D eigenvalue weighted by Crippen LogP contribution is 2.38. The minimum atomic E-state index is -0.145. The van der Waals surface area contributed by atoms with E-state index in [1.54, 1.807) is 12.1 Å². The third kappa shape index (κ3) is 2.83. The van der Waals surface area contributed by atoms with Crippen LogP contribution < -0.4 is 20.1 Å². The zero-order valence-electron chi connectivity index (χ0n) is 11.1. The maximum absolute atomic E-state index is 12.2. The Balaban J connectivity index is 1.74. The normalized spacial score (nSPS) is 21.4. The van der Waals surface area contributed by atoms with E-state index in [2.05, 4.69) is 10.6 Å². The van der Waals surface area contributed by atoms with Crippen molar-refractivity contribution in [2.75, 3.05) is 25.1 Å². The van der Waals surface area contributed by atoms with Gasteiger partial charge in [-0.15, -0.1) is 0 Å². The fourth-order valence-electron chi connectivity index (χ4n) is 2.46. The number of fused-ring (bicyclic) bond motifs is 1. The van der Waals surface area contributed by atoms with Crippen LogP contribution in [0.2, 0.25) is 5.02 Å². The monoisotopic (exact) mass is 296 g/mol. The van der Waals surface area contributed by atoms with Crippen LogP contribution in [0.5, 0.6) is 11.5 Å². The molecule has 0 spiro atoms. The van der Waals surface area contributed by atoms with Crippen molar-refractivity contribution in [2.45, 2.75) is 25.3 Å². The molecule has 0 bridgehead atoms. The summed E-state index contributed by atoms with van der Waals surface area (Å²) in [5, 5.41) is 6.53. The van der Waals surface area contributed by atoms with Crippen molar-refractivity contribution in [2.24, 2.45) is 0 Å². The Morgan fingerprint density at radius 1 is 1.25 bits per heavy atom. The number of carbonyl (C=O) groups is 1. The van der Waals surface area contributed by atoms with Crippen LogP contribution in [-0.4, -0.2) is 31.7 Å². The standard InChI is InChI=1S/C14H17ClN2O3/c15-9-7-12-13(20-6-5-19-12)8-11(9)17-14(18)10-3-1-2-4-16-10/h7-8,10,16H,1-6H2,(H,17,18)/t10-/m1/s1. The Hall–Kier alpha value is -1.46. The number of piperidine rings is 1. The van der Waals surface area contributed by atoms with Crippen LogP contribution in [-0.2, 0) is 4.79 Å². The van der Waals surface area contributed by atoms with Crippen molar-refractivity contribution in [3.63, 3.8) is 0 Å². The minimum Gasteiger partial charge on any atom is -0.486 e. The smallest absolute Gasteiger partial charge is 0.241 e. The molecule has 2 N–H and O–H groups in total. The number of nitrogens with one attached hydrogen (secondary N) is 2. The number of benzene rings is 1. The zero-order valence-corrected chi connectivity index (χ0v) is 11.8. The Morgan fingerprint density at radius 3 is 2.70 bits per heavy atom. The molecule has 1 saturated heterocycles. The Morgan fingerprint density at radius 2 is 2.00 bits per heavy atom. The molecule has 2 aliphatic rings. The summed E-state index contributed by atoms with van der Waals surface area (Å²) >= 11 is 6.17. The van der Waals surface area contributed by atoms with Gasteiger partial charge in [0.05, 0.1) is 16.8 Å². The van der Waals surface area contributed by atoms with E-state index in [0.717, 1.165) is 25.8 Å². The molecule has 1 aromatic rings. The number of hydrogen-bond donors (Lipinski definition) is 2. The molecule has 20 heavy (non-hydrogen) atoms. The second-order valence-corrected chi connectivity index (χ2v) is 5.37. The van der Waals surface area contributed by atoms with Crippen LogP contribution in [0.25, 0.3) is 0 Å². The molecular weight excluding hydrogens is 280 g/mol. The number of anilines is 1. The molecule has 0 radical (unpaired) electrons. The first kappa shape index (κ1) is 13.5. The molecule has 1 amide bonds. The van der Waals surface area contributed by atoms with E-state index < -0.39 is 0 Å². The zero-order chi connectivity index (χ0) is 13.9. The highest BCUT2D eigenvalue weighted by atomic mass is 35.5. The second kappa shape index (κ2) is 5.89. The van der Waals surface area contributed by atoms with Gasteiger partial charge in [0.1, 0.15) is 13.2 Å². The van der Waals surface area contributed by atoms with Gasteiger partial charge in [0.15, 0.2) is 11.5 Å². The van der Waals surface area contributed by atoms with Gasteiger partial charge in [0, 0.05) is 12.1 Å². The molecular formula is C14H17ClN2O3. The van der Waals surface area contributed by atoms with Gasteiger partial charge in [0.2, 0.25) is 5.91 Å². The molecule has 1 atom stereocenters. The van der Waals surface area contributed by atoms with Crippen molar-refractivity contribution < 1.29 is 14.3 Å². The summed E-state index contributed by atoms with van der Waals surface area (Å²) in [6.07, 6.45) is 3.04. The van der Waals surface area contributed by atoms with Gasteiger partial charge < -0.3 is 20.1 Å². The number of amides is 1. The van der Waals surface area contributed by atoms with Gasteiger partial charge in [-0.05, 0) is 19.4 Å². The third-order valence-electron chi connectivity index (χ3n) is 3.52. The van der Waals surface area contributed by atoms with Crippen molar-refractivity contribution in [3.05, 3.63) is 17.2 Å². The van der Waals surface area contributed by atoms with Crippen molar-refractivity contribution in [3.8, 4) is 11.5 Å². The van der Waals surface area contributed by atoms with E-state index >= 15 is 0 Å². The average molecular weight is 297 g/mol. The predicted molar refractivity (Wildman–Crippen MR) is 76.7 cm³/mol. The molecule has 0 aromatic heterocycles. The molecule has 3 rings (SSSR count). The maximum atomic E-state index is 12.2. The van der Waals surface area contributed by atoms with Gasteiger partial charge in [-0.1, -0.05) is 18.0 Å². The van der Waals surface area contributed by atoms with Gasteiger partial charge in [-0.3, -0.25) is 4.79 Å². The number of ether oxygens (including phenoxy) is 2. The fourth-order valence-corrected chi connectivity index (χ4v) is 2.66. The summed E-state index contributed by atoms with van der Waals surface area (Å²) in [7, 11) is 0. The minimum absolute atomic E-state index is 0.0525. The van der Waals surface area contributed by atoms with Crippen molar-refractivity contribution in [1.82, 2.24) is 5.32 Å².